The Balaban J connectivity index is 2.94. The van der Waals surface area contributed by atoms with Crippen molar-refractivity contribution in [3.8, 4) is 0 Å². The predicted molar refractivity (Wildman–Crippen MR) is 51.0 cm³/mol. The molecule has 0 aromatic heterocycles. The molecule has 1 aliphatic rings. The number of hydrogen-bond donors (Lipinski definition) is 0. The average Bonchev–Trinajstić information content (AvgIpc) is 2.42. The molecule has 5 heteroatoms. The Bertz CT molecular complexity index is 319. The fourth-order valence-electron chi connectivity index (χ4n) is 1.81. The minimum atomic E-state index is -1.18. The third-order valence-electron chi connectivity index (χ3n) is 2.69. The van der Waals surface area contributed by atoms with Crippen LogP contribution in [0.5, 0.6) is 0 Å². The Morgan fingerprint density at radius 2 is 2.20 bits per heavy atom. The first-order valence-corrected chi connectivity index (χ1v) is 4.84. The zero-order valence-corrected chi connectivity index (χ0v) is 8.62. The van der Waals surface area contributed by atoms with E-state index in [1.54, 1.807) is 0 Å². The molecule has 0 aromatic carbocycles. The van der Waals surface area contributed by atoms with Crippen LogP contribution in [0.3, 0.4) is 0 Å². The number of methoxy groups -OCH3 is 1. The van der Waals surface area contributed by atoms with Crippen molar-refractivity contribution >= 4 is 17.8 Å². The minimum Gasteiger partial charge on any atom is -0.467 e. The highest BCUT2D eigenvalue weighted by molar-refractivity contribution is 5.85. The zero-order chi connectivity index (χ0) is 11.3. The lowest BCUT2D eigenvalue weighted by molar-refractivity contribution is -0.147. The van der Waals surface area contributed by atoms with Gasteiger partial charge < -0.3 is 4.74 Å². The zero-order valence-electron chi connectivity index (χ0n) is 8.62. The van der Waals surface area contributed by atoms with E-state index in [1.807, 2.05) is 0 Å². The van der Waals surface area contributed by atoms with Gasteiger partial charge >= 0.3 is 5.97 Å². The van der Waals surface area contributed by atoms with Crippen LogP contribution in [0, 0.1) is 0 Å². The third-order valence-corrected chi connectivity index (χ3v) is 2.69. The van der Waals surface area contributed by atoms with Crippen LogP contribution in [-0.4, -0.2) is 30.5 Å². The molecule has 0 aliphatic heterocycles. The summed E-state index contributed by atoms with van der Waals surface area (Å²) in [6, 6.07) is 0. The van der Waals surface area contributed by atoms with Crippen LogP contribution in [0.1, 0.15) is 32.1 Å². The first kappa shape index (κ1) is 11.6. The highest BCUT2D eigenvalue weighted by Crippen LogP contribution is 2.30. The van der Waals surface area contributed by atoms with Crippen LogP contribution in [0.2, 0.25) is 0 Å². The van der Waals surface area contributed by atoms with Crippen molar-refractivity contribution in [2.45, 2.75) is 37.6 Å². The maximum absolute atomic E-state index is 11.5. The summed E-state index contributed by atoms with van der Waals surface area (Å²) < 4.78 is 4.61. The SMILES string of the molecule is COC(=O)C1(N=C=O)CCCC(=O)CC1. The van der Waals surface area contributed by atoms with E-state index in [4.69, 9.17) is 0 Å². The molecule has 0 spiro atoms. The number of esters is 1. The molecule has 15 heavy (non-hydrogen) atoms. The lowest BCUT2D eigenvalue weighted by atomic mass is 9.91. The molecular formula is C10H13NO4. The van der Waals surface area contributed by atoms with Gasteiger partial charge in [0.05, 0.1) is 7.11 Å². The van der Waals surface area contributed by atoms with Crippen LogP contribution in [-0.2, 0) is 19.1 Å². The Morgan fingerprint density at radius 3 is 2.80 bits per heavy atom. The molecule has 0 aromatic rings. The molecule has 0 radical (unpaired) electrons. The van der Waals surface area contributed by atoms with Gasteiger partial charge in [-0.3, -0.25) is 4.79 Å². The topological polar surface area (TPSA) is 72.8 Å². The van der Waals surface area contributed by atoms with Crippen molar-refractivity contribution in [1.82, 2.24) is 0 Å². The summed E-state index contributed by atoms with van der Waals surface area (Å²) in [5.74, 6) is -0.456. The number of isocyanates is 1. The highest BCUT2D eigenvalue weighted by Gasteiger charge is 2.41. The van der Waals surface area contributed by atoms with Gasteiger partial charge in [0.25, 0.3) is 0 Å². The summed E-state index contributed by atoms with van der Waals surface area (Å²) in [4.78, 5) is 36.6. The fourth-order valence-corrected chi connectivity index (χ4v) is 1.81. The maximum atomic E-state index is 11.5. The second-order valence-electron chi connectivity index (χ2n) is 3.62. The van der Waals surface area contributed by atoms with Crippen molar-refractivity contribution < 1.29 is 19.1 Å². The first-order chi connectivity index (χ1) is 7.14. The number of carbonyl (C=O) groups excluding carboxylic acids is 3. The third kappa shape index (κ3) is 2.50. The summed E-state index contributed by atoms with van der Waals surface area (Å²) in [5, 5.41) is 0. The standard InChI is InChI=1S/C10H13NO4/c1-15-9(14)10(11-7-12)5-2-3-8(13)4-6-10/h2-6H2,1H3. The summed E-state index contributed by atoms with van der Waals surface area (Å²) >= 11 is 0. The van der Waals surface area contributed by atoms with E-state index >= 15 is 0 Å². The number of ether oxygens (including phenoxy) is 1. The highest BCUT2D eigenvalue weighted by atomic mass is 16.5. The van der Waals surface area contributed by atoms with Gasteiger partial charge in [0.15, 0.2) is 5.54 Å². The van der Waals surface area contributed by atoms with Gasteiger partial charge in [-0.2, -0.15) is 4.99 Å². The Morgan fingerprint density at radius 1 is 1.47 bits per heavy atom. The second kappa shape index (κ2) is 4.84. The van der Waals surface area contributed by atoms with Crippen molar-refractivity contribution in [2.24, 2.45) is 4.99 Å². The molecule has 1 saturated carbocycles. The number of Topliss-reactive ketones (excluding diaryl/α,β-unsaturated/α-hetero) is 1. The quantitative estimate of drug-likeness (QED) is 0.292. The predicted octanol–water partition coefficient (Wildman–Crippen LogP) is 0.767. The molecule has 1 unspecified atom stereocenters. The second-order valence-corrected chi connectivity index (χ2v) is 3.62. The van der Waals surface area contributed by atoms with Gasteiger partial charge in [0.1, 0.15) is 5.78 Å². The van der Waals surface area contributed by atoms with Crippen LogP contribution >= 0.6 is 0 Å². The number of nitrogens with zero attached hydrogens (tertiary/aromatic N) is 1. The number of aliphatic imine (C=N–C) groups is 1. The summed E-state index contributed by atoms with van der Waals surface area (Å²) in [6.45, 7) is 0. The lowest BCUT2D eigenvalue weighted by Crippen LogP contribution is -2.37. The van der Waals surface area contributed by atoms with E-state index in [-0.39, 0.29) is 18.6 Å². The molecule has 82 valence electrons. The number of hydrogen-bond acceptors (Lipinski definition) is 5. The molecule has 0 amide bonds. The van der Waals surface area contributed by atoms with E-state index in [0.29, 0.717) is 19.3 Å². The van der Waals surface area contributed by atoms with Gasteiger partial charge in [-0.25, -0.2) is 9.59 Å². The molecule has 1 aliphatic carbocycles. The Labute approximate surface area is 87.5 Å². The number of ketones is 1. The van der Waals surface area contributed by atoms with Crippen LogP contribution in [0.4, 0.5) is 0 Å². The summed E-state index contributed by atoms with van der Waals surface area (Å²) in [5.41, 5.74) is -1.18. The van der Waals surface area contributed by atoms with Gasteiger partial charge in [-0.1, -0.05) is 0 Å². The van der Waals surface area contributed by atoms with Crippen molar-refractivity contribution in [3.63, 3.8) is 0 Å². The van der Waals surface area contributed by atoms with Gasteiger partial charge in [0, 0.05) is 12.8 Å². The minimum absolute atomic E-state index is 0.0990. The normalized spacial score (nSPS) is 26.3. The van der Waals surface area contributed by atoms with E-state index in [0.717, 1.165) is 0 Å². The Hall–Kier alpha value is -1.48. The van der Waals surface area contributed by atoms with Crippen molar-refractivity contribution in [3.05, 3.63) is 0 Å². The van der Waals surface area contributed by atoms with Crippen LogP contribution in [0.15, 0.2) is 4.99 Å². The van der Waals surface area contributed by atoms with Crippen LogP contribution < -0.4 is 0 Å². The van der Waals surface area contributed by atoms with Crippen molar-refractivity contribution in [1.29, 1.82) is 0 Å². The lowest BCUT2D eigenvalue weighted by Gasteiger charge is -2.22. The van der Waals surface area contributed by atoms with Crippen molar-refractivity contribution in [2.75, 3.05) is 7.11 Å². The van der Waals surface area contributed by atoms with Gasteiger partial charge in [-0.15, -0.1) is 0 Å². The number of rotatable bonds is 2. The molecule has 1 fully saturated rings. The summed E-state index contributed by atoms with van der Waals surface area (Å²) in [6.07, 6.45) is 3.27. The summed E-state index contributed by atoms with van der Waals surface area (Å²) in [7, 11) is 1.25. The van der Waals surface area contributed by atoms with E-state index in [1.165, 1.54) is 13.2 Å². The van der Waals surface area contributed by atoms with E-state index in [2.05, 4.69) is 9.73 Å². The molecule has 0 N–H and O–H groups in total. The molecule has 0 saturated heterocycles. The molecule has 1 rings (SSSR count). The first-order valence-electron chi connectivity index (χ1n) is 4.84. The molecule has 0 heterocycles. The number of carbonyl (C=O) groups is 2. The van der Waals surface area contributed by atoms with Gasteiger partial charge in [0.2, 0.25) is 6.08 Å². The molecule has 0 bridgehead atoms. The monoisotopic (exact) mass is 211 g/mol. The Kier molecular flexibility index (Phi) is 3.74. The molecule has 5 nitrogen and oxygen atoms in total. The maximum Gasteiger partial charge on any atom is 0.334 e. The van der Waals surface area contributed by atoms with Gasteiger partial charge in [-0.05, 0) is 19.3 Å². The fraction of sp³-hybridized carbons (Fsp3) is 0.700. The van der Waals surface area contributed by atoms with E-state index < -0.39 is 11.5 Å². The van der Waals surface area contributed by atoms with Crippen LogP contribution in [0.25, 0.3) is 0 Å². The smallest absolute Gasteiger partial charge is 0.334 e. The van der Waals surface area contributed by atoms with E-state index in [9.17, 15) is 14.4 Å². The molecular weight excluding hydrogens is 198 g/mol. The largest absolute Gasteiger partial charge is 0.467 e. The molecule has 1 atom stereocenters. The average molecular weight is 211 g/mol.